The minimum Gasteiger partial charge on any atom is -0.458 e. The van der Waals surface area contributed by atoms with Gasteiger partial charge in [0.25, 0.3) is 0 Å². The second-order valence-corrected chi connectivity index (χ2v) is 5.30. The van der Waals surface area contributed by atoms with Gasteiger partial charge in [-0.3, -0.25) is 0 Å². The lowest BCUT2D eigenvalue weighted by Gasteiger charge is -2.32. The number of hydrogen-bond donors (Lipinski definition) is 1. The zero-order valence-electron chi connectivity index (χ0n) is 12.5. The number of hydrogen-bond acceptors (Lipinski definition) is 4. The van der Waals surface area contributed by atoms with E-state index in [0.29, 0.717) is 24.8 Å². The van der Waals surface area contributed by atoms with E-state index < -0.39 is 0 Å². The van der Waals surface area contributed by atoms with Gasteiger partial charge in [-0.2, -0.15) is 0 Å². The van der Waals surface area contributed by atoms with Gasteiger partial charge in [-0.05, 0) is 43.2 Å². The Labute approximate surface area is 133 Å². The second-order valence-electron chi connectivity index (χ2n) is 5.30. The highest BCUT2D eigenvalue weighted by molar-refractivity contribution is 5.89. The molecule has 0 radical (unpaired) electrons. The molecule has 0 aliphatic carbocycles. The predicted molar refractivity (Wildman–Crippen MR) is 82.7 cm³/mol. The number of piperidine rings is 1. The van der Waals surface area contributed by atoms with Gasteiger partial charge in [0.15, 0.2) is 0 Å². The molecule has 1 fully saturated rings. The highest BCUT2D eigenvalue weighted by Crippen LogP contribution is 2.16. The molecular formula is C16H17FN4O2. The number of ether oxygens (including phenoxy) is 1. The van der Waals surface area contributed by atoms with E-state index in [0.717, 1.165) is 12.8 Å². The summed E-state index contributed by atoms with van der Waals surface area (Å²) in [6.07, 6.45) is 4.78. The fourth-order valence-electron chi connectivity index (χ4n) is 2.45. The van der Waals surface area contributed by atoms with Crippen molar-refractivity contribution in [3.05, 3.63) is 48.5 Å². The third-order valence-electron chi connectivity index (χ3n) is 3.58. The Morgan fingerprint density at radius 3 is 2.74 bits per heavy atom. The normalized spacial score (nSPS) is 17.6. The molecule has 23 heavy (non-hydrogen) atoms. The number of rotatable bonds is 3. The summed E-state index contributed by atoms with van der Waals surface area (Å²) in [5.74, 6) is -0.336. The van der Waals surface area contributed by atoms with Crippen molar-refractivity contribution in [2.24, 2.45) is 0 Å². The smallest absolute Gasteiger partial charge is 0.321 e. The third kappa shape index (κ3) is 4.15. The van der Waals surface area contributed by atoms with Crippen molar-refractivity contribution in [2.45, 2.75) is 18.9 Å². The lowest BCUT2D eigenvalue weighted by Crippen LogP contribution is -2.46. The van der Waals surface area contributed by atoms with Crippen molar-refractivity contribution in [3.8, 4) is 6.01 Å². The summed E-state index contributed by atoms with van der Waals surface area (Å²) in [4.78, 5) is 22.0. The Balaban J connectivity index is 1.57. The van der Waals surface area contributed by atoms with Crippen molar-refractivity contribution in [3.63, 3.8) is 0 Å². The second kappa shape index (κ2) is 7.04. The molecule has 0 bridgehead atoms. The molecule has 1 unspecified atom stereocenters. The lowest BCUT2D eigenvalue weighted by molar-refractivity contribution is 0.0983. The van der Waals surface area contributed by atoms with E-state index in [-0.39, 0.29) is 18.0 Å². The maximum absolute atomic E-state index is 12.9. The fraction of sp³-hybridized carbons (Fsp3) is 0.312. The van der Waals surface area contributed by atoms with Gasteiger partial charge in [0, 0.05) is 24.6 Å². The van der Waals surface area contributed by atoms with Gasteiger partial charge in [0.1, 0.15) is 11.9 Å². The summed E-state index contributed by atoms with van der Waals surface area (Å²) in [6.45, 7) is 1.12. The number of nitrogens with zero attached hydrogens (tertiary/aromatic N) is 3. The number of carbonyl (C=O) groups is 1. The topological polar surface area (TPSA) is 67.4 Å². The van der Waals surface area contributed by atoms with Gasteiger partial charge >= 0.3 is 12.0 Å². The van der Waals surface area contributed by atoms with E-state index in [1.807, 2.05) is 0 Å². The molecule has 6 nitrogen and oxygen atoms in total. The number of amides is 2. The number of benzene rings is 1. The number of nitrogens with one attached hydrogen (secondary N) is 1. The van der Waals surface area contributed by atoms with Crippen LogP contribution in [0.5, 0.6) is 6.01 Å². The monoisotopic (exact) mass is 316 g/mol. The molecule has 1 aliphatic rings. The number of aromatic nitrogens is 2. The molecule has 2 aromatic rings. The van der Waals surface area contributed by atoms with Crippen molar-refractivity contribution < 1.29 is 13.9 Å². The van der Waals surface area contributed by atoms with E-state index in [2.05, 4.69) is 15.3 Å². The predicted octanol–water partition coefficient (Wildman–Crippen LogP) is 2.69. The quantitative estimate of drug-likeness (QED) is 0.945. The van der Waals surface area contributed by atoms with Gasteiger partial charge in [-0.1, -0.05) is 0 Å². The highest BCUT2D eigenvalue weighted by Gasteiger charge is 2.25. The first-order chi connectivity index (χ1) is 11.2. The Kier molecular flexibility index (Phi) is 4.65. The lowest BCUT2D eigenvalue weighted by atomic mass is 10.1. The number of likely N-dealkylation sites (tertiary alicyclic amines) is 1. The molecule has 1 aromatic heterocycles. The molecule has 2 amide bonds. The fourth-order valence-corrected chi connectivity index (χ4v) is 2.45. The Bertz CT molecular complexity index is 651. The molecule has 1 atom stereocenters. The van der Waals surface area contributed by atoms with Crippen LogP contribution in [-0.2, 0) is 0 Å². The first kappa shape index (κ1) is 15.2. The van der Waals surface area contributed by atoms with Crippen LogP contribution in [-0.4, -0.2) is 40.1 Å². The van der Waals surface area contributed by atoms with Crippen LogP contribution in [0.25, 0.3) is 0 Å². The van der Waals surface area contributed by atoms with Crippen molar-refractivity contribution in [1.29, 1.82) is 0 Å². The molecule has 120 valence electrons. The zero-order valence-corrected chi connectivity index (χ0v) is 12.5. The maximum atomic E-state index is 12.9. The van der Waals surface area contributed by atoms with Crippen LogP contribution < -0.4 is 10.1 Å². The molecule has 3 rings (SSSR count). The Morgan fingerprint density at radius 1 is 1.26 bits per heavy atom. The van der Waals surface area contributed by atoms with Gasteiger partial charge in [-0.15, -0.1) is 0 Å². The average Bonchev–Trinajstić information content (AvgIpc) is 2.58. The van der Waals surface area contributed by atoms with Gasteiger partial charge in [0.2, 0.25) is 0 Å². The summed E-state index contributed by atoms with van der Waals surface area (Å²) >= 11 is 0. The van der Waals surface area contributed by atoms with Crippen molar-refractivity contribution in [2.75, 3.05) is 18.4 Å². The standard InChI is InChI=1S/C16H17FN4O2/c17-12-4-6-13(7-5-12)20-16(22)21-10-1-3-14(11-21)23-15-18-8-2-9-19-15/h2,4-9,14H,1,3,10-11H2,(H,20,22). The van der Waals surface area contributed by atoms with Crippen LogP contribution in [0.15, 0.2) is 42.7 Å². The summed E-state index contributed by atoms with van der Waals surface area (Å²) in [5.41, 5.74) is 0.561. The summed E-state index contributed by atoms with van der Waals surface area (Å²) in [5, 5.41) is 2.76. The molecule has 1 aliphatic heterocycles. The summed E-state index contributed by atoms with van der Waals surface area (Å²) < 4.78 is 18.6. The number of urea groups is 1. The van der Waals surface area contributed by atoms with Crippen LogP contribution in [0.2, 0.25) is 0 Å². The van der Waals surface area contributed by atoms with E-state index >= 15 is 0 Å². The first-order valence-corrected chi connectivity index (χ1v) is 7.46. The SMILES string of the molecule is O=C(Nc1ccc(F)cc1)N1CCCC(Oc2ncccn2)C1. The van der Waals surface area contributed by atoms with E-state index in [1.165, 1.54) is 24.3 Å². The van der Waals surface area contributed by atoms with Crippen LogP contribution in [0.3, 0.4) is 0 Å². The number of carbonyl (C=O) groups excluding carboxylic acids is 1. The number of halogens is 1. The van der Waals surface area contributed by atoms with E-state index in [9.17, 15) is 9.18 Å². The van der Waals surface area contributed by atoms with Gasteiger partial charge in [0.05, 0.1) is 6.54 Å². The van der Waals surface area contributed by atoms with Gasteiger partial charge in [-0.25, -0.2) is 19.2 Å². The maximum Gasteiger partial charge on any atom is 0.321 e. The Hall–Kier alpha value is -2.70. The van der Waals surface area contributed by atoms with E-state index in [1.54, 1.807) is 23.4 Å². The average molecular weight is 316 g/mol. The van der Waals surface area contributed by atoms with Crippen LogP contribution in [0.1, 0.15) is 12.8 Å². The molecule has 1 N–H and O–H groups in total. The third-order valence-corrected chi connectivity index (χ3v) is 3.58. The molecule has 1 saturated heterocycles. The molecule has 7 heteroatoms. The highest BCUT2D eigenvalue weighted by atomic mass is 19.1. The van der Waals surface area contributed by atoms with Gasteiger partial charge < -0.3 is 15.0 Å². The van der Waals surface area contributed by atoms with Crippen LogP contribution >= 0.6 is 0 Å². The number of anilines is 1. The van der Waals surface area contributed by atoms with Crippen molar-refractivity contribution >= 4 is 11.7 Å². The molecule has 0 saturated carbocycles. The van der Waals surface area contributed by atoms with Crippen LogP contribution in [0, 0.1) is 5.82 Å². The first-order valence-electron chi connectivity index (χ1n) is 7.46. The minimum atomic E-state index is -0.336. The zero-order chi connectivity index (χ0) is 16.1. The minimum absolute atomic E-state index is 0.134. The molecule has 2 heterocycles. The molecule has 1 aromatic carbocycles. The van der Waals surface area contributed by atoms with Crippen molar-refractivity contribution in [1.82, 2.24) is 14.9 Å². The molecular weight excluding hydrogens is 299 g/mol. The summed E-state index contributed by atoms with van der Waals surface area (Å²) in [7, 11) is 0. The molecule has 0 spiro atoms. The van der Waals surface area contributed by atoms with E-state index in [4.69, 9.17) is 4.74 Å². The summed E-state index contributed by atoms with van der Waals surface area (Å²) in [6, 6.07) is 7.49. The largest absolute Gasteiger partial charge is 0.458 e. The van der Waals surface area contributed by atoms with Crippen LogP contribution in [0.4, 0.5) is 14.9 Å². The Morgan fingerprint density at radius 2 is 2.00 bits per heavy atom.